The molecule has 1 N–H and O–H groups in total. The Balaban J connectivity index is 4.66. The molecule has 0 aromatic heterocycles. The largest absolute Gasteiger partial charge is 0.461 e. The fourth-order valence-corrected chi connectivity index (χ4v) is 5.49. The quantitative estimate of drug-likeness (QED) is 0.0316. The zero-order valence-corrected chi connectivity index (χ0v) is 26.8. The minimum atomic E-state index is -2.57. The van der Waals surface area contributed by atoms with Gasteiger partial charge < -0.3 is 19.3 Å². The first-order valence-corrected chi connectivity index (χ1v) is 16.9. The molecule has 226 valence electrons. The van der Waals surface area contributed by atoms with E-state index in [9.17, 15) is 14.5 Å². The molecule has 4 atom stereocenters. The van der Waals surface area contributed by atoms with Gasteiger partial charge in [-0.2, -0.15) is 0 Å². The number of esters is 1. The Hall–Kier alpha value is -0.200. The predicted molar refractivity (Wildman–Crippen MR) is 161 cm³/mol. The lowest BCUT2D eigenvalue weighted by Gasteiger charge is -2.28. The first kappa shape index (κ1) is 37.8. The van der Waals surface area contributed by atoms with Crippen LogP contribution in [0.15, 0.2) is 0 Å². The van der Waals surface area contributed by atoms with Crippen LogP contribution in [0.25, 0.3) is 0 Å². The van der Waals surface area contributed by atoms with Crippen molar-refractivity contribution in [1.82, 2.24) is 0 Å². The van der Waals surface area contributed by atoms with Crippen LogP contribution in [0.3, 0.4) is 0 Å². The number of ether oxygens (including phenoxy) is 3. The summed E-state index contributed by atoms with van der Waals surface area (Å²) in [5, 5.41) is 10.4. The van der Waals surface area contributed by atoms with Crippen LogP contribution in [0, 0.1) is 5.92 Å². The summed E-state index contributed by atoms with van der Waals surface area (Å²) in [6, 6.07) is 0. The molecule has 0 aliphatic rings. The number of carbonyl (C=O) groups is 1. The maximum atomic E-state index is 12.0. The maximum absolute atomic E-state index is 12.0. The number of rotatable bonds is 28. The summed E-state index contributed by atoms with van der Waals surface area (Å²) in [6.45, 7) is 7.98. The van der Waals surface area contributed by atoms with Gasteiger partial charge in [-0.1, -0.05) is 136 Å². The Morgan fingerprint density at radius 3 is 1.63 bits per heavy atom. The Kier molecular flexibility index (Phi) is 25.6. The first-order valence-electron chi connectivity index (χ1n) is 15.6. The molecule has 0 aliphatic carbocycles. The van der Waals surface area contributed by atoms with E-state index in [-0.39, 0.29) is 6.61 Å². The van der Waals surface area contributed by atoms with E-state index in [2.05, 4.69) is 26.5 Å². The van der Waals surface area contributed by atoms with Gasteiger partial charge in [-0.3, -0.25) is 4.57 Å². The second-order valence-electron chi connectivity index (χ2n) is 10.6. The lowest BCUT2D eigenvalue weighted by atomic mass is 9.91. The minimum Gasteiger partial charge on any atom is -0.461 e. The van der Waals surface area contributed by atoms with Gasteiger partial charge in [0.2, 0.25) is 8.46 Å². The Bertz CT molecular complexity index is 567. The molecule has 0 aromatic rings. The van der Waals surface area contributed by atoms with Crippen molar-refractivity contribution in [1.29, 1.82) is 0 Å². The molecule has 0 spiro atoms. The van der Waals surface area contributed by atoms with Crippen molar-refractivity contribution in [3.8, 4) is 0 Å². The van der Waals surface area contributed by atoms with Gasteiger partial charge in [0.25, 0.3) is 0 Å². The van der Waals surface area contributed by atoms with Gasteiger partial charge in [-0.25, -0.2) is 4.79 Å². The molecule has 0 saturated carbocycles. The molecule has 6 nitrogen and oxygen atoms in total. The van der Waals surface area contributed by atoms with Crippen LogP contribution in [0.4, 0.5) is 0 Å². The van der Waals surface area contributed by atoms with Crippen LogP contribution in [0.5, 0.6) is 0 Å². The van der Waals surface area contributed by atoms with Gasteiger partial charge in [-0.05, 0) is 25.7 Å². The van der Waals surface area contributed by atoms with Crippen molar-refractivity contribution in [2.24, 2.45) is 5.92 Å². The van der Waals surface area contributed by atoms with Crippen LogP contribution in [-0.2, 0) is 23.6 Å². The summed E-state index contributed by atoms with van der Waals surface area (Å²) in [4.78, 5) is 12.0. The number of carbonyl (C=O) groups excluding carboxylic acids is 1. The molecule has 0 rings (SSSR count). The maximum Gasteiger partial charge on any atom is 0.379 e. The van der Waals surface area contributed by atoms with Crippen molar-refractivity contribution in [3.63, 3.8) is 0 Å². The molecule has 38 heavy (non-hydrogen) atoms. The second kappa shape index (κ2) is 25.7. The van der Waals surface area contributed by atoms with Crippen molar-refractivity contribution >= 4 is 27.1 Å². The lowest BCUT2D eigenvalue weighted by molar-refractivity contribution is -0.258. The van der Waals surface area contributed by atoms with Crippen LogP contribution < -0.4 is 0 Å². The number of hydrogen-bond donors (Lipinski definition) is 2. The van der Waals surface area contributed by atoms with E-state index >= 15 is 0 Å². The van der Waals surface area contributed by atoms with Gasteiger partial charge in [0.1, 0.15) is 5.44 Å². The van der Waals surface area contributed by atoms with Gasteiger partial charge in [0.05, 0.1) is 6.61 Å². The van der Waals surface area contributed by atoms with E-state index < -0.39 is 31.7 Å². The van der Waals surface area contributed by atoms with E-state index in [0.717, 1.165) is 19.3 Å². The number of thiol groups is 1. The fraction of sp³-hybridized carbons (Fsp3) is 0.967. The molecule has 4 unspecified atom stereocenters. The highest BCUT2D eigenvalue weighted by Gasteiger charge is 2.43. The monoisotopic (exact) mass is 578 g/mol. The topological polar surface area (TPSA) is 82.1 Å². The molecule has 0 radical (unpaired) electrons. The van der Waals surface area contributed by atoms with Crippen LogP contribution in [0.2, 0.25) is 0 Å². The zero-order chi connectivity index (χ0) is 28.5. The van der Waals surface area contributed by atoms with Crippen molar-refractivity contribution in [2.45, 2.75) is 173 Å². The van der Waals surface area contributed by atoms with E-state index in [1.165, 1.54) is 103 Å². The summed E-state index contributed by atoms with van der Waals surface area (Å²) >= 11 is 4.67. The highest BCUT2D eigenvalue weighted by atomic mass is 32.1. The molecular weight excluding hydrogens is 519 g/mol. The molecule has 0 saturated heterocycles. The molecular formula is C30H59O6PS. The van der Waals surface area contributed by atoms with Crippen molar-refractivity contribution in [2.75, 3.05) is 6.61 Å². The molecule has 0 fully saturated rings. The molecule has 0 aliphatic heterocycles. The summed E-state index contributed by atoms with van der Waals surface area (Å²) in [7, 11) is -0.883. The van der Waals surface area contributed by atoms with E-state index in [4.69, 9.17) is 14.2 Å². The minimum absolute atomic E-state index is 0.0476. The molecule has 8 heteroatoms. The van der Waals surface area contributed by atoms with Gasteiger partial charge in [-0.15, -0.1) is 12.6 Å². The van der Waals surface area contributed by atoms with Crippen molar-refractivity contribution in [3.05, 3.63) is 0 Å². The van der Waals surface area contributed by atoms with Crippen LogP contribution in [0.1, 0.15) is 156 Å². The Morgan fingerprint density at radius 2 is 1.24 bits per heavy atom. The van der Waals surface area contributed by atoms with E-state index in [0.29, 0.717) is 12.3 Å². The Morgan fingerprint density at radius 1 is 0.789 bits per heavy atom. The van der Waals surface area contributed by atoms with E-state index in [1.807, 2.05) is 6.92 Å². The Labute approximate surface area is 241 Å². The third-order valence-corrected chi connectivity index (χ3v) is 7.94. The van der Waals surface area contributed by atoms with Gasteiger partial charge in [0.15, 0.2) is 6.29 Å². The summed E-state index contributed by atoms with van der Waals surface area (Å²) in [6.07, 6.45) is 23.5. The van der Waals surface area contributed by atoms with E-state index in [1.54, 1.807) is 6.92 Å². The van der Waals surface area contributed by atoms with Crippen LogP contribution in [-0.4, -0.2) is 34.9 Å². The first-order chi connectivity index (χ1) is 18.4. The normalized spacial score (nSPS) is 15.7. The highest BCUT2D eigenvalue weighted by Crippen LogP contribution is 2.30. The number of aliphatic hydroxyl groups is 1. The molecule has 0 heterocycles. The average molecular weight is 579 g/mol. The summed E-state index contributed by atoms with van der Waals surface area (Å²) in [5.74, 6) is -0.576. The third-order valence-electron chi connectivity index (χ3n) is 7.07. The lowest BCUT2D eigenvalue weighted by Crippen LogP contribution is -2.42. The summed E-state index contributed by atoms with van der Waals surface area (Å²) < 4.78 is 27.6. The van der Waals surface area contributed by atoms with Crippen LogP contribution >= 0.6 is 21.1 Å². The number of unbranched alkanes of at least 4 members (excludes halogenated alkanes) is 14. The SMILES string of the molecule is CCCCCCCCCCCCC(CCCCCCCC)CC(S)OC(CC)OC(O)(P=O)C(=O)OCC. The zero-order valence-electron chi connectivity index (χ0n) is 25.0. The molecule has 0 amide bonds. The summed E-state index contributed by atoms with van der Waals surface area (Å²) in [5.41, 5.74) is -2.97. The highest BCUT2D eigenvalue weighted by molar-refractivity contribution is 7.80. The second-order valence-corrected chi connectivity index (χ2v) is 12.0. The molecule has 0 aromatic carbocycles. The average Bonchev–Trinajstić information content (AvgIpc) is 2.90. The van der Waals surface area contributed by atoms with Gasteiger partial charge >= 0.3 is 11.5 Å². The standard InChI is InChI=1S/C30H59O6PS/c1-5-9-11-13-15-16-17-18-20-22-24-26(23-21-19-14-12-10-6-2)25-28(38)35-27(7-3)36-30(32,37-33)29(31)34-8-4/h26-28,32,38H,5-25H2,1-4H3. The number of hydrogen-bond acceptors (Lipinski definition) is 7. The predicted octanol–water partition coefficient (Wildman–Crippen LogP) is 9.58. The molecule has 0 bridgehead atoms. The third kappa shape index (κ3) is 19.8. The van der Waals surface area contributed by atoms with Gasteiger partial charge in [0, 0.05) is 0 Å². The fourth-order valence-electron chi connectivity index (χ4n) is 4.75. The smallest absolute Gasteiger partial charge is 0.379 e. The van der Waals surface area contributed by atoms with Crippen molar-refractivity contribution < 1.29 is 28.7 Å².